The standard InChI is InChI=1S/C31H41N2OS.BrH/c1-30(2,3)22-18-24-28(34)23-17-21(12-13-26(23)35-29(24)25(19-22)31(4,5)6)20-33-16-10-15-32-14-9-7-8-11-27(32)33;/h12-13,17-19H,7-11,14-16,20H2,1-6H3;1H/q+1;/p-1. The SMILES string of the molecule is CC(C)(C)c1cc(C(C)(C)C)c2sc3ccc(CN4CCC[N+]5=C4CCCCC5)cc3c(=O)c2c1.[Br-]. The highest BCUT2D eigenvalue weighted by Gasteiger charge is 2.29. The zero-order valence-corrected chi connectivity index (χ0v) is 25.2. The second-order valence-electron chi connectivity index (χ2n) is 12.7. The van der Waals surface area contributed by atoms with Gasteiger partial charge in [-0.2, -0.15) is 0 Å². The lowest BCUT2D eigenvalue weighted by atomic mass is 9.80. The van der Waals surface area contributed by atoms with Gasteiger partial charge in [-0.3, -0.25) is 14.3 Å². The van der Waals surface area contributed by atoms with E-state index in [1.165, 1.54) is 67.7 Å². The molecule has 0 unspecified atom stereocenters. The van der Waals surface area contributed by atoms with E-state index in [-0.39, 0.29) is 33.2 Å². The number of hydrogen-bond acceptors (Lipinski definition) is 3. The van der Waals surface area contributed by atoms with Gasteiger partial charge in [0.2, 0.25) is 5.84 Å². The van der Waals surface area contributed by atoms with Crippen LogP contribution in [0, 0.1) is 0 Å². The summed E-state index contributed by atoms with van der Waals surface area (Å²) in [4.78, 5) is 16.5. The van der Waals surface area contributed by atoms with Gasteiger partial charge in [-0.1, -0.05) is 53.7 Å². The lowest BCUT2D eigenvalue weighted by Crippen LogP contribution is -3.00. The zero-order valence-electron chi connectivity index (χ0n) is 22.8. The summed E-state index contributed by atoms with van der Waals surface area (Å²) < 4.78 is 4.87. The Morgan fingerprint density at radius 2 is 1.64 bits per heavy atom. The molecule has 0 saturated carbocycles. The van der Waals surface area contributed by atoms with E-state index in [1.807, 2.05) is 0 Å². The normalized spacial score (nSPS) is 17.2. The number of nitrogens with zero attached hydrogens (tertiary/aromatic N) is 2. The van der Waals surface area contributed by atoms with Crippen molar-refractivity contribution in [1.29, 1.82) is 0 Å². The molecule has 0 aliphatic carbocycles. The number of amidine groups is 1. The first-order valence-electron chi connectivity index (χ1n) is 13.4. The van der Waals surface area contributed by atoms with Crippen LogP contribution in [0.15, 0.2) is 35.1 Å². The molecule has 0 N–H and O–H groups in total. The molecule has 0 bridgehead atoms. The summed E-state index contributed by atoms with van der Waals surface area (Å²) in [6, 6.07) is 11.1. The molecule has 2 aromatic carbocycles. The molecule has 3 aromatic rings. The molecule has 5 rings (SSSR count). The van der Waals surface area contributed by atoms with Crippen molar-refractivity contribution in [3.63, 3.8) is 0 Å². The first-order valence-corrected chi connectivity index (χ1v) is 14.2. The van der Waals surface area contributed by atoms with Crippen molar-refractivity contribution in [3.8, 4) is 0 Å². The summed E-state index contributed by atoms with van der Waals surface area (Å²) in [7, 11) is 0. The Morgan fingerprint density at radius 3 is 2.36 bits per heavy atom. The van der Waals surface area contributed by atoms with Crippen molar-refractivity contribution in [1.82, 2.24) is 4.90 Å². The Hall–Kier alpha value is -1.72. The molecule has 1 aromatic heterocycles. The molecule has 5 heteroatoms. The second kappa shape index (κ2) is 10.2. The minimum absolute atomic E-state index is 0. The lowest BCUT2D eigenvalue weighted by Gasteiger charge is -2.27. The van der Waals surface area contributed by atoms with Crippen molar-refractivity contribution in [2.45, 2.75) is 91.0 Å². The van der Waals surface area contributed by atoms with Crippen molar-refractivity contribution < 1.29 is 21.6 Å². The minimum atomic E-state index is -0.0217. The Morgan fingerprint density at radius 1 is 0.889 bits per heavy atom. The largest absolute Gasteiger partial charge is 1.00 e. The van der Waals surface area contributed by atoms with Gasteiger partial charge in [-0.15, -0.1) is 11.3 Å². The summed E-state index contributed by atoms with van der Waals surface area (Å²) in [5.41, 5.74) is 3.95. The van der Waals surface area contributed by atoms with Crippen LogP contribution in [0.1, 0.15) is 90.3 Å². The molecule has 3 nitrogen and oxygen atoms in total. The summed E-state index contributed by atoms with van der Waals surface area (Å²) in [5, 5.41) is 1.77. The van der Waals surface area contributed by atoms with Gasteiger partial charge in [0, 0.05) is 33.0 Å². The fourth-order valence-electron chi connectivity index (χ4n) is 5.72. The molecule has 2 aliphatic heterocycles. The third-order valence-electron chi connectivity index (χ3n) is 7.80. The van der Waals surface area contributed by atoms with Gasteiger partial charge in [0.05, 0.1) is 19.6 Å². The Kier molecular flexibility index (Phi) is 7.75. The molecule has 0 fully saturated rings. The van der Waals surface area contributed by atoms with Crippen LogP contribution in [0.3, 0.4) is 0 Å². The maximum Gasteiger partial charge on any atom is 0.247 e. The first-order chi connectivity index (χ1) is 16.5. The van der Waals surface area contributed by atoms with Crippen LogP contribution in [0.4, 0.5) is 0 Å². The van der Waals surface area contributed by atoms with E-state index in [9.17, 15) is 4.79 Å². The Bertz CT molecular complexity index is 1370. The average molecular weight is 570 g/mol. The van der Waals surface area contributed by atoms with E-state index >= 15 is 0 Å². The third-order valence-corrected chi connectivity index (χ3v) is 9.02. The molecule has 0 spiro atoms. The monoisotopic (exact) mass is 568 g/mol. The fraction of sp³-hybridized carbons (Fsp3) is 0.548. The number of fused-ring (bicyclic) bond motifs is 2. The topological polar surface area (TPSA) is 23.3 Å². The smallest absolute Gasteiger partial charge is 0.247 e. The fourth-order valence-corrected chi connectivity index (χ4v) is 7.07. The first kappa shape index (κ1) is 27.3. The van der Waals surface area contributed by atoms with Gasteiger partial charge < -0.3 is 17.0 Å². The van der Waals surface area contributed by atoms with E-state index in [4.69, 9.17) is 0 Å². The average Bonchev–Trinajstić information content (AvgIpc) is 3.04. The van der Waals surface area contributed by atoms with E-state index in [2.05, 4.69) is 81.3 Å². The Balaban J connectivity index is 0.00000304. The lowest BCUT2D eigenvalue weighted by molar-refractivity contribution is -0.539. The van der Waals surface area contributed by atoms with Crippen LogP contribution in [-0.2, 0) is 17.4 Å². The quantitative estimate of drug-likeness (QED) is 0.341. The van der Waals surface area contributed by atoms with Crippen LogP contribution >= 0.6 is 11.3 Å². The van der Waals surface area contributed by atoms with Gasteiger partial charge in [0.25, 0.3) is 0 Å². The van der Waals surface area contributed by atoms with E-state index < -0.39 is 0 Å². The molecule has 0 saturated heterocycles. The molecule has 0 radical (unpaired) electrons. The number of benzene rings is 2. The molecule has 3 heterocycles. The van der Waals surface area contributed by atoms with Gasteiger partial charge in [-0.25, -0.2) is 0 Å². The maximum atomic E-state index is 13.9. The van der Waals surface area contributed by atoms with E-state index in [0.717, 1.165) is 33.3 Å². The predicted octanol–water partition coefficient (Wildman–Crippen LogP) is 4.20. The highest BCUT2D eigenvalue weighted by molar-refractivity contribution is 7.24. The summed E-state index contributed by atoms with van der Waals surface area (Å²) in [5.74, 6) is 1.53. The van der Waals surface area contributed by atoms with Crippen molar-refractivity contribution >= 4 is 37.3 Å². The third kappa shape index (κ3) is 5.29. The highest BCUT2D eigenvalue weighted by Crippen LogP contribution is 2.38. The van der Waals surface area contributed by atoms with Crippen LogP contribution in [0.2, 0.25) is 0 Å². The van der Waals surface area contributed by atoms with Crippen molar-refractivity contribution in [2.75, 3.05) is 19.6 Å². The molecular weight excluding hydrogens is 528 g/mol. The number of rotatable bonds is 2. The zero-order chi connectivity index (χ0) is 25.0. The van der Waals surface area contributed by atoms with Crippen molar-refractivity contribution in [3.05, 3.63) is 57.2 Å². The van der Waals surface area contributed by atoms with Crippen LogP contribution in [0.25, 0.3) is 20.2 Å². The molecule has 194 valence electrons. The van der Waals surface area contributed by atoms with Gasteiger partial charge in [-0.05, 0) is 65.0 Å². The summed E-state index contributed by atoms with van der Waals surface area (Å²) in [6.45, 7) is 17.9. The molecule has 2 aliphatic rings. The van der Waals surface area contributed by atoms with Gasteiger partial charge >= 0.3 is 0 Å². The second-order valence-corrected chi connectivity index (χ2v) is 13.7. The maximum absolute atomic E-state index is 13.9. The minimum Gasteiger partial charge on any atom is -1.00 e. The molecular formula is C31H41BrN2OS. The van der Waals surface area contributed by atoms with Crippen LogP contribution in [-0.4, -0.2) is 34.9 Å². The number of halogens is 1. The van der Waals surface area contributed by atoms with Gasteiger partial charge in [0.15, 0.2) is 5.43 Å². The van der Waals surface area contributed by atoms with Crippen LogP contribution in [0.5, 0.6) is 0 Å². The van der Waals surface area contributed by atoms with Crippen molar-refractivity contribution in [2.24, 2.45) is 0 Å². The molecule has 0 atom stereocenters. The van der Waals surface area contributed by atoms with Crippen LogP contribution < -0.4 is 22.4 Å². The molecule has 0 amide bonds. The highest BCUT2D eigenvalue weighted by atomic mass is 79.9. The predicted molar refractivity (Wildman–Crippen MR) is 151 cm³/mol. The van der Waals surface area contributed by atoms with E-state index in [0.29, 0.717) is 0 Å². The summed E-state index contributed by atoms with van der Waals surface area (Å²) in [6.07, 6.45) is 6.37. The van der Waals surface area contributed by atoms with Gasteiger partial charge in [0.1, 0.15) is 6.54 Å². The van der Waals surface area contributed by atoms with E-state index in [1.54, 1.807) is 11.3 Å². The summed E-state index contributed by atoms with van der Waals surface area (Å²) >= 11 is 1.79. The number of hydrogen-bond donors (Lipinski definition) is 0. The Labute approximate surface area is 231 Å². The molecule has 36 heavy (non-hydrogen) atoms.